The summed E-state index contributed by atoms with van der Waals surface area (Å²) in [7, 11) is 0. The molecule has 1 amide bonds. The molecule has 0 saturated heterocycles. The number of hydrogen-bond donors (Lipinski definition) is 1. The average molecular weight is 337 g/mol. The van der Waals surface area contributed by atoms with E-state index in [-0.39, 0.29) is 5.91 Å². The summed E-state index contributed by atoms with van der Waals surface area (Å²) in [6.07, 6.45) is 1.57. The lowest BCUT2D eigenvalue weighted by Gasteiger charge is -2.09. The van der Waals surface area contributed by atoms with Crippen molar-refractivity contribution in [3.05, 3.63) is 83.3 Å². The van der Waals surface area contributed by atoms with E-state index in [1.807, 2.05) is 56.3 Å². The zero-order valence-electron chi connectivity index (χ0n) is 13.7. The van der Waals surface area contributed by atoms with Crippen LogP contribution in [0.5, 0.6) is 0 Å². The SMILES string of the molecule is Cc1ccc(NC(=O)c2occc2CSc2ccccc2)c(C)c1. The van der Waals surface area contributed by atoms with Gasteiger partial charge in [-0.2, -0.15) is 0 Å². The lowest BCUT2D eigenvalue weighted by Crippen LogP contribution is -2.13. The van der Waals surface area contributed by atoms with Crippen LogP contribution in [0.3, 0.4) is 0 Å². The van der Waals surface area contributed by atoms with Gasteiger partial charge in [0.15, 0.2) is 5.76 Å². The lowest BCUT2D eigenvalue weighted by molar-refractivity contribution is 0.0995. The molecule has 2 aromatic carbocycles. The van der Waals surface area contributed by atoms with E-state index in [4.69, 9.17) is 4.42 Å². The highest BCUT2D eigenvalue weighted by molar-refractivity contribution is 7.98. The van der Waals surface area contributed by atoms with E-state index in [0.29, 0.717) is 11.5 Å². The summed E-state index contributed by atoms with van der Waals surface area (Å²) in [4.78, 5) is 13.7. The van der Waals surface area contributed by atoms with Crippen LogP contribution in [0.4, 0.5) is 5.69 Å². The number of amides is 1. The molecule has 24 heavy (non-hydrogen) atoms. The molecular formula is C20H19NO2S. The normalized spacial score (nSPS) is 10.6. The molecule has 0 aliphatic rings. The van der Waals surface area contributed by atoms with Gasteiger partial charge < -0.3 is 9.73 Å². The van der Waals surface area contributed by atoms with Crippen LogP contribution in [0.15, 0.2) is 70.2 Å². The predicted molar refractivity (Wildman–Crippen MR) is 98.6 cm³/mol. The first-order valence-electron chi connectivity index (χ1n) is 7.76. The summed E-state index contributed by atoms with van der Waals surface area (Å²) in [6.45, 7) is 4.01. The van der Waals surface area contributed by atoms with E-state index in [2.05, 4.69) is 17.4 Å². The van der Waals surface area contributed by atoms with E-state index in [0.717, 1.165) is 16.8 Å². The van der Waals surface area contributed by atoms with Gasteiger partial charge in [-0.3, -0.25) is 4.79 Å². The van der Waals surface area contributed by atoms with Crippen LogP contribution < -0.4 is 5.32 Å². The van der Waals surface area contributed by atoms with Crippen molar-refractivity contribution >= 4 is 23.4 Å². The molecule has 0 aliphatic heterocycles. The van der Waals surface area contributed by atoms with Crippen molar-refractivity contribution in [2.45, 2.75) is 24.5 Å². The molecule has 0 atom stereocenters. The predicted octanol–water partition coefficient (Wildman–Crippen LogP) is 5.44. The number of thioether (sulfide) groups is 1. The highest BCUT2D eigenvalue weighted by Crippen LogP contribution is 2.26. The molecular weight excluding hydrogens is 318 g/mol. The van der Waals surface area contributed by atoms with Crippen molar-refractivity contribution in [1.29, 1.82) is 0 Å². The van der Waals surface area contributed by atoms with Gasteiger partial charge in [0.2, 0.25) is 0 Å². The molecule has 3 aromatic rings. The Bertz CT molecular complexity index is 840. The molecule has 0 radical (unpaired) electrons. The van der Waals surface area contributed by atoms with Crippen LogP contribution in [0, 0.1) is 13.8 Å². The first-order chi connectivity index (χ1) is 11.6. The Morgan fingerprint density at radius 2 is 1.88 bits per heavy atom. The summed E-state index contributed by atoms with van der Waals surface area (Å²) in [5.41, 5.74) is 3.91. The van der Waals surface area contributed by atoms with Gasteiger partial charge >= 0.3 is 0 Å². The summed E-state index contributed by atoms with van der Waals surface area (Å²) in [6, 6.07) is 17.9. The van der Waals surface area contributed by atoms with Gasteiger partial charge in [-0.15, -0.1) is 11.8 Å². The fraction of sp³-hybridized carbons (Fsp3) is 0.150. The second kappa shape index (κ2) is 7.41. The van der Waals surface area contributed by atoms with Gasteiger partial charge in [-0.05, 0) is 43.7 Å². The van der Waals surface area contributed by atoms with Crippen LogP contribution in [-0.4, -0.2) is 5.91 Å². The Hall–Kier alpha value is -2.46. The van der Waals surface area contributed by atoms with Crippen LogP contribution in [0.1, 0.15) is 27.2 Å². The van der Waals surface area contributed by atoms with Crippen molar-refractivity contribution in [2.24, 2.45) is 0 Å². The van der Waals surface area contributed by atoms with Crippen molar-refractivity contribution < 1.29 is 9.21 Å². The highest BCUT2D eigenvalue weighted by Gasteiger charge is 2.16. The molecule has 4 heteroatoms. The molecule has 3 nitrogen and oxygen atoms in total. The zero-order chi connectivity index (χ0) is 16.9. The molecule has 0 spiro atoms. The monoisotopic (exact) mass is 337 g/mol. The minimum Gasteiger partial charge on any atom is -0.459 e. The van der Waals surface area contributed by atoms with E-state index >= 15 is 0 Å². The molecule has 1 N–H and O–H groups in total. The quantitative estimate of drug-likeness (QED) is 0.630. The van der Waals surface area contributed by atoms with Gasteiger partial charge in [0.1, 0.15) is 0 Å². The van der Waals surface area contributed by atoms with Gasteiger partial charge in [0, 0.05) is 21.9 Å². The molecule has 1 heterocycles. The maximum atomic E-state index is 12.5. The van der Waals surface area contributed by atoms with Gasteiger partial charge in [0.05, 0.1) is 6.26 Å². The smallest absolute Gasteiger partial charge is 0.291 e. The van der Waals surface area contributed by atoms with E-state index in [9.17, 15) is 4.79 Å². The number of nitrogens with one attached hydrogen (secondary N) is 1. The molecule has 0 aliphatic carbocycles. The number of anilines is 1. The maximum Gasteiger partial charge on any atom is 0.291 e. The lowest BCUT2D eigenvalue weighted by atomic mass is 10.1. The molecule has 0 bridgehead atoms. The van der Waals surface area contributed by atoms with Crippen molar-refractivity contribution in [2.75, 3.05) is 5.32 Å². The number of hydrogen-bond acceptors (Lipinski definition) is 3. The molecule has 0 unspecified atom stereocenters. The number of carbonyl (C=O) groups excluding carboxylic acids is 1. The Labute approximate surface area is 146 Å². The van der Waals surface area contributed by atoms with Crippen molar-refractivity contribution in [3.63, 3.8) is 0 Å². The summed E-state index contributed by atoms with van der Waals surface area (Å²) >= 11 is 1.68. The third kappa shape index (κ3) is 3.89. The van der Waals surface area contributed by atoms with Gasteiger partial charge in [-0.25, -0.2) is 0 Å². The van der Waals surface area contributed by atoms with Crippen LogP contribution in [-0.2, 0) is 5.75 Å². The summed E-state index contributed by atoms with van der Waals surface area (Å²) < 4.78 is 5.43. The highest BCUT2D eigenvalue weighted by atomic mass is 32.2. The molecule has 122 valence electrons. The Morgan fingerprint density at radius 3 is 2.62 bits per heavy atom. The first-order valence-corrected chi connectivity index (χ1v) is 8.75. The largest absolute Gasteiger partial charge is 0.459 e. The Balaban J connectivity index is 1.71. The Kier molecular flexibility index (Phi) is 5.06. The second-order valence-electron chi connectivity index (χ2n) is 5.65. The topological polar surface area (TPSA) is 42.2 Å². The average Bonchev–Trinajstić information content (AvgIpc) is 3.05. The van der Waals surface area contributed by atoms with Crippen LogP contribution in [0.25, 0.3) is 0 Å². The zero-order valence-corrected chi connectivity index (χ0v) is 14.5. The molecule has 3 rings (SSSR count). The fourth-order valence-corrected chi connectivity index (χ4v) is 3.36. The number of carbonyl (C=O) groups is 1. The maximum absolute atomic E-state index is 12.5. The fourth-order valence-electron chi connectivity index (χ4n) is 2.46. The van der Waals surface area contributed by atoms with Crippen molar-refractivity contribution in [1.82, 2.24) is 0 Å². The number of aryl methyl sites for hydroxylation is 2. The Morgan fingerprint density at radius 1 is 1.08 bits per heavy atom. The van der Waals surface area contributed by atoms with E-state index in [1.165, 1.54) is 10.5 Å². The molecule has 1 aromatic heterocycles. The third-order valence-corrected chi connectivity index (χ3v) is 4.78. The second-order valence-corrected chi connectivity index (χ2v) is 6.70. The standard InChI is InChI=1S/C20H19NO2S/c1-14-8-9-18(15(2)12-14)21-20(22)19-16(10-11-23-19)13-24-17-6-4-3-5-7-17/h3-12H,13H2,1-2H3,(H,21,22). The van der Waals surface area contributed by atoms with E-state index in [1.54, 1.807) is 18.0 Å². The minimum atomic E-state index is -0.212. The molecule has 0 fully saturated rings. The van der Waals surface area contributed by atoms with Crippen LogP contribution >= 0.6 is 11.8 Å². The number of benzene rings is 2. The first kappa shape index (κ1) is 16.4. The van der Waals surface area contributed by atoms with E-state index < -0.39 is 0 Å². The number of rotatable bonds is 5. The van der Waals surface area contributed by atoms with Crippen molar-refractivity contribution in [3.8, 4) is 0 Å². The van der Waals surface area contributed by atoms with Gasteiger partial charge in [-0.1, -0.05) is 35.9 Å². The number of furan rings is 1. The molecule has 0 saturated carbocycles. The summed E-state index contributed by atoms with van der Waals surface area (Å²) in [5, 5.41) is 2.94. The summed E-state index contributed by atoms with van der Waals surface area (Å²) in [5.74, 6) is 0.852. The van der Waals surface area contributed by atoms with Gasteiger partial charge in [0.25, 0.3) is 5.91 Å². The third-order valence-electron chi connectivity index (χ3n) is 3.72. The van der Waals surface area contributed by atoms with Crippen LogP contribution in [0.2, 0.25) is 0 Å². The minimum absolute atomic E-state index is 0.212.